The van der Waals surface area contributed by atoms with Crippen LogP contribution in [0.5, 0.6) is 11.5 Å². The molecule has 0 bridgehead atoms. The maximum absolute atomic E-state index is 10.7. The third kappa shape index (κ3) is 2.69. The molecule has 1 atom stereocenters. The Balaban J connectivity index is 2.39. The molecule has 106 valence electrons. The monoisotopic (exact) mass is 266 g/mol. The fraction of sp³-hybridized carbons (Fsp3) is 0.600. The molecule has 0 aromatic heterocycles. The van der Waals surface area contributed by atoms with Crippen LogP contribution in [0.4, 0.5) is 0 Å². The zero-order valence-corrected chi connectivity index (χ0v) is 11.6. The summed E-state index contributed by atoms with van der Waals surface area (Å²) in [7, 11) is 3.10. The molecule has 0 radical (unpaired) electrons. The average molecular weight is 266 g/mol. The van der Waals surface area contributed by atoms with Crippen LogP contribution < -0.4 is 9.47 Å². The van der Waals surface area contributed by atoms with E-state index in [4.69, 9.17) is 9.47 Å². The molecule has 0 heterocycles. The molecule has 1 aromatic carbocycles. The number of aliphatic hydroxyl groups is 2. The van der Waals surface area contributed by atoms with E-state index >= 15 is 0 Å². The van der Waals surface area contributed by atoms with Gasteiger partial charge in [-0.2, -0.15) is 0 Å². The zero-order valence-electron chi connectivity index (χ0n) is 11.6. The van der Waals surface area contributed by atoms with Crippen LogP contribution in [-0.4, -0.2) is 30.0 Å². The standard InChI is InChI=1S/C15H22O4/c1-18-11-7-6-8-12(19-2)13(11)14(16)15(17)9-4-3-5-10-15/h6-8,14,16-17H,3-5,9-10H2,1-2H3. The second kappa shape index (κ2) is 5.80. The maximum Gasteiger partial charge on any atom is 0.128 e. The van der Waals surface area contributed by atoms with Crippen LogP contribution in [0.2, 0.25) is 0 Å². The largest absolute Gasteiger partial charge is 0.496 e. The highest BCUT2D eigenvalue weighted by molar-refractivity contribution is 5.47. The van der Waals surface area contributed by atoms with Gasteiger partial charge in [-0.15, -0.1) is 0 Å². The van der Waals surface area contributed by atoms with Crippen LogP contribution >= 0.6 is 0 Å². The van der Waals surface area contributed by atoms with Gasteiger partial charge in [-0.05, 0) is 25.0 Å². The molecule has 4 heteroatoms. The smallest absolute Gasteiger partial charge is 0.128 e. The van der Waals surface area contributed by atoms with Crippen LogP contribution in [0.25, 0.3) is 0 Å². The zero-order chi connectivity index (χ0) is 13.9. The first-order chi connectivity index (χ1) is 9.12. The molecule has 2 rings (SSSR count). The Kier molecular flexibility index (Phi) is 4.32. The van der Waals surface area contributed by atoms with Gasteiger partial charge in [0, 0.05) is 0 Å². The first kappa shape index (κ1) is 14.2. The molecule has 1 aliphatic carbocycles. The number of rotatable bonds is 4. The highest BCUT2D eigenvalue weighted by atomic mass is 16.5. The first-order valence-electron chi connectivity index (χ1n) is 6.74. The van der Waals surface area contributed by atoms with E-state index in [1.165, 1.54) is 0 Å². The SMILES string of the molecule is COc1cccc(OC)c1C(O)C1(O)CCCCC1. The summed E-state index contributed by atoms with van der Waals surface area (Å²) in [6.07, 6.45) is 3.21. The molecule has 0 aliphatic heterocycles. The highest BCUT2D eigenvalue weighted by Gasteiger charge is 2.40. The molecule has 1 aliphatic rings. The second-order valence-electron chi connectivity index (χ2n) is 5.14. The summed E-state index contributed by atoms with van der Waals surface area (Å²) in [5.41, 5.74) is -0.544. The van der Waals surface area contributed by atoms with E-state index < -0.39 is 11.7 Å². The molecule has 0 amide bonds. The fourth-order valence-corrected chi connectivity index (χ4v) is 2.86. The van der Waals surface area contributed by atoms with E-state index in [9.17, 15) is 10.2 Å². The van der Waals surface area contributed by atoms with Gasteiger partial charge >= 0.3 is 0 Å². The van der Waals surface area contributed by atoms with Gasteiger partial charge < -0.3 is 19.7 Å². The molecule has 1 aromatic rings. The molecular formula is C15H22O4. The molecule has 1 fully saturated rings. The lowest BCUT2D eigenvalue weighted by atomic mass is 9.78. The second-order valence-corrected chi connectivity index (χ2v) is 5.14. The topological polar surface area (TPSA) is 58.9 Å². The van der Waals surface area contributed by atoms with Crippen LogP contribution in [0.3, 0.4) is 0 Å². The van der Waals surface area contributed by atoms with Crippen molar-refractivity contribution in [2.75, 3.05) is 14.2 Å². The summed E-state index contributed by atoms with van der Waals surface area (Å²) >= 11 is 0. The average Bonchev–Trinajstić information content (AvgIpc) is 2.46. The lowest BCUT2D eigenvalue weighted by molar-refractivity contribution is -0.100. The minimum absolute atomic E-state index is 0.539. The van der Waals surface area contributed by atoms with Gasteiger partial charge in [-0.3, -0.25) is 0 Å². The molecule has 4 nitrogen and oxygen atoms in total. The minimum Gasteiger partial charge on any atom is -0.496 e. The molecule has 1 unspecified atom stereocenters. The van der Waals surface area contributed by atoms with Crippen molar-refractivity contribution >= 4 is 0 Å². The Bertz CT molecular complexity index is 402. The molecule has 1 saturated carbocycles. The van der Waals surface area contributed by atoms with Crippen LogP contribution in [0.1, 0.15) is 43.8 Å². The molecule has 0 saturated heterocycles. The summed E-state index contributed by atoms with van der Waals surface area (Å²) in [6.45, 7) is 0. The van der Waals surface area contributed by atoms with Crippen molar-refractivity contribution in [1.82, 2.24) is 0 Å². The van der Waals surface area contributed by atoms with E-state index in [0.717, 1.165) is 19.3 Å². The maximum atomic E-state index is 10.7. The number of ether oxygens (including phenoxy) is 2. The van der Waals surface area contributed by atoms with Crippen LogP contribution in [0.15, 0.2) is 18.2 Å². The predicted octanol–water partition coefficient (Wildman–Crippen LogP) is 2.43. The third-order valence-electron chi connectivity index (χ3n) is 3.97. The van der Waals surface area contributed by atoms with Gasteiger partial charge in [0.1, 0.15) is 17.6 Å². The van der Waals surface area contributed by atoms with Gasteiger partial charge in [0.25, 0.3) is 0 Å². The predicted molar refractivity (Wildman–Crippen MR) is 72.5 cm³/mol. The Hall–Kier alpha value is -1.26. The number of benzene rings is 1. The van der Waals surface area contributed by atoms with Crippen molar-refractivity contribution in [2.24, 2.45) is 0 Å². The summed E-state index contributed by atoms with van der Waals surface area (Å²) in [4.78, 5) is 0. The van der Waals surface area contributed by atoms with Gasteiger partial charge in [-0.25, -0.2) is 0 Å². The first-order valence-corrected chi connectivity index (χ1v) is 6.74. The quantitative estimate of drug-likeness (QED) is 0.878. The Labute approximate surface area is 114 Å². The van der Waals surface area contributed by atoms with Crippen LogP contribution in [-0.2, 0) is 0 Å². The van der Waals surface area contributed by atoms with Gasteiger partial charge in [0.15, 0.2) is 0 Å². The van der Waals surface area contributed by atoms with E-state index in [0.29, 0.717) is 29.9 Å². The van der Waals surface area contributed by atoms with Crippen molar-refractivity contribution in [1.29, 1.82) is 0 Å². The van der Waals surface area contributed by atoms with E-state index in [1.54, 1.807) is 32.4 Å². The number of hydrogen-bond donors (Lipinski definition) is 2. The lowest BCUT2D eigenvalue weighted by Crippen LogP contribution is -2.38. The molecule has 0 spiro atoms. The highest BCUT2D eigenvalue weighted by Crippen LogP contribution is 2.44. The number of methoxy groups -OCH3 is 2. The molecule has 2 N–H and O–H groups in total. The Morgan fingerprint density at radius 3 is 2.05 bits per heavy atom. The van der Waals surface area contributed by atoms with Crippen molar-refractivity contribution in [3.05, 3.63) is 23.8 Å². The van der Waals surface area contributed by atoms with Crippen molar-refractivity contribution < 1.29 is 19.7 Å². The van der Waals surface area contributed by atoms with Gasteiger partial charge in [0.2, 0.25) is 0 Å². The van der Waals surface area contributed by atoms with Crippen molar-refractivity contribution in [2.45, 2.75) is 43.8 Å². The lowest BCUT2D eigenvalue weighted by Gasteiger charge is -2.37. The summed E-state index contributed by atoms with van der Waals surface area (Å²) in [5, 5.41) is 21.3. The molecule has 19 heavy (non-hydrogen) atoms. The number of aliphatic hydroxyl groups excluding tert-OH is 1. The van der Waals surface area contributed by atoms with E-state index in [2.05, 4.69) is 0 Å². The third-order valence-corrected chi connectivity index (χ3v) is 3.97. The van der Waals surface area contributed by atoms with Crippen LogP contribution in [0, 0.1) is 0 Å². The van der Waals surface area contributed by atoms with E-state index in [-0.39, 0.29) is 0 Å². The van der Waals surface area contributed by atoms with Crippen molar-refractivity contribution in [3.63, 3.8) is 0 Å². The molecular weight excluding hydrogens is 244 g/mol. The summed E-state index contributed by atoms with van der Waals surface area (Å²) in [6, 6.07) is 5.35. The Morgan fingerprint density at radius 1 is 1.05 bits per heavy atom. The minimum atomic E-state index is -1.08. The summed E-state index contributed by atoms with van der Waals surface area (Å²) < 4.78 is 10.6. The normalized spacial score (nSPS) is 19.8. The van der Waals surface area contributed by atoms with Crippen molar-refractivity contribution in [3.8, 4) is 11.5 Å². The number of hydrogen-bond acceptors (Lipinski definition) is 4. The fourth-order valence-electron chi connectivity index (χ4n) is 2.86. The Morgan fingerprint density at radius 2 is 1.58 bits per heavy atom. The van der Waals surface area contributed by atoms with E-state index in [1.807, 2.05) is 0 Å². The van der Waals surface area contributed by atoms with Gasteiger partial charge in [-0.1, -0.05) is 25.3 Å². The van der Waals surface area contributed by atoms with Gasteiger partial charge in [0.05, 0.1) is 25.4 Å². The summed E-state index contributed by atoms with van der Waals surface area (Å²) in [5.74, 6) is 1.09.